The Bertz CT molecular complexity index is 512. The van der Waals surface area contributed by atoms with E-state index in [0.717, 1.165) is 17.9 Å². The summed E-state index contributed by atoms with van der Waals surface area (Å²) in [6.45, 7) is 2.80. The maximum Gasteiger partial charge on any atom is 0.138 e. The summed E-state index contributed by atoms with van der Waals surface area (Å²) in [5.41, 5.74) is 0.722. The molecular formula is C13H15BrFN3. The summed E-state index contributed by atoms with van der Waals surface area (Å²) in [6.07, 6.45) is 2.23. The molecule has 0 spiro atoms. The SMILES string of the molecule is CCn1ncnc1CC(CBr)c1ccccc1F. The second-order valence-corrected chi connectivity index (χ2v) is 4.72. The van der Waals surface area contributed by atoms with E-state index in [1.165, 1.54) is 6.07 Å². The third kappa shape index (κ3) is 2.77. The van der Waals surface area contributed by atoms with E-state index in [-0.39, 0.29) is 11.7 Å². The summed E-state index contributed by atoms with van der Waals surface area (Å²) in [5, 5.41) is 4.83. The van der Waals surface area contributed by atoms with Gasteiger partial charge in [-0.3, -0.25) is 4.68 Å². The number of hydrogen-bond donors (Lipinski definition) is 0. The standard InChI is InChI=1S/C13H15BrFN3/c1-2-18-13(16-9-17-18)7-10(8-14)11-5-3-4-6-12(11)15/h3-6,9-10H,2,7-8H2,1H3. The molecule has 1 unspecified atom stereocenters. The number of hydrogen-bond acceptors (Lipinski definition) is 2. The number of nitrogens with zero attached hydrogens (tertiary/aromatic N) is 3. The first kappa shape index (κ1) is 13.2. The van der Waals surface area contributed by atoms with Gasteiger partial charge in [-0.2, -0.15) is 5.10 Å². The molecule has 1 aromatic carbocycles. The zero-order valence-corrected chi connectivity index (χ0v) is 11.8. The largest absolute Gasteiger partial charge is 0.250 e. The Hall–Kier alpha value is -1.23. The van der Waals surface area contributed by atoms with Crippen LogP contribution in [0.25, 0.3) is 0 Å². The fourth-order valence-corrected chi connectivity index (χ4v) is 2.56. The van der Waals surface area contributed by atoms with E-state index in [2.05, 4.69) is 26.0 Å². The average molecular weight is 312 g/mol. The predicted octanol–water partition coefficient (Wildman–Crippen LogP) is 3.16. The van der Waals surface area contributed by atoms with Gasteiger partial charge in [-0.15, -0.1) is 0 Å². The van der Waals surface area contributed by atoms with Crippen LogP contribution in [0.15, 0.2) is 30.6 Å². The molecule has 0 fully saturated rings. The van der Waals surface area contributed by atoms with Crippen molar-refractivity contribution in [3.05, 3.63) is 47.8 Å². The monoisotopic (exact) mass is 311 g/mol. The normalized spacial score (nSPS) is 12.6. The molecule has 1 aromatic heterocycles. The highest BCUT2D eigenvalue weighted by Gasteiger charge is 2.17. The van der Waals surface area contributed by atoms with Crippen molar-refractivity contribution in [3.8, 4) is 0 Å². The minimum Gasteiger partial charge on any atom is -0.250 e. The maximum absolute atomic E-state index is 13.8. The fourth-order valence-electron chi connectivity index (χ4n) is 1.98. The van der Waals surface area contributed by atoms with Crippen LogP contribution in [0.2, 0.25) is 0 Å². The average Bonchev–Trinajstić information content (AvgIpc) is 2.84. The molecule has 2 rings (SSSR count). The van der Waals surface area contributed by atoms with Crippen LogP contribution in [0.5, 0.6) is 0 Å². The minimum absolute atomic E-state index is 0.0701. The number of rotatable bonds is 5. The first-order valence-corrected chi connectivity index (χ1v) is 7.05. The molecule has 0 aliphatic heterocycles. The lowest BCUT2D eigenvalue weighted by molar-refractivity contribution is 0.563. The Morgan fingerprint density at radius 1 is 1.39 bits per heavy atom. The van der Waals surface area contributed by atoms with Crippen molar-refractivity contribution in [1.82, 2.24) is 14.8 Å². The van der Waals surface area contributed by atoms with E-state index < -0.39 is 0 Å². The van der Waals surface area contributed by atoms with E-state index >= 15 is 0 Å². The summed E-state index contributed by atoms with van der Waals surface area (Å²) in [5.74, 6) is 0.801. The topological polar surface area (TPSA) is 30.7 Å². The van der Waals surface area contributed by atoms with Gasteiger partial charge in [0, 0.05) is 24.2 Å². The lowest BCUT2D eigenvalue weighted by atomic mass is 9.97. The molecule has 1 atom stereocenters. The van der Waals surface area contributed by atoms with Crippen molar-refractivity contribution in [2.45, 2.75) is 25.8 Å². The molecular weight excluding hydrogens is 297 g/mol. The predicted molar refractivity (Wildman–Crippen MR) is 72.3 cm³/mol. The molecule has 2 aromatic rings. The Morgan fingerprint density at radius 2 is 2.17 bits per heavy atom. The summed E-state index contributed by atoms with van der Waals surface area (Å²) in [4.78, 5) is 4.24. The van der Waals surface area contributed by atoms with Gasteiger partial charge in [-0.1, -0.05) is 34.1 Å². The molecule has 3 nitrogen and oxygen atoms in total. The summed E-state index contributed by atoms with van der Waals surface area (Å²) >= 11 is 3.45. The zero-order chi connectivity index (χ0) is 13.0. The second-order valence-electron chi connectivity index (χ2n) is 4.07. The van der Waals surface area contributed by atoms with Gasteiger partial charge in [-0.25, -0.2) is 9.37 Å². The Labute approximate surface area is 114 Å². The van der Waals surface area contributed by atoms with Gasteiger partial charge in [0.2, 0.25) is 0 Å². The molecule has 0 radical (unpaired) electrons. The lowest BCUT2D eigenvalue weighted by Gasteiger charge is -2.15. The molecule has 0 saturated heterocycles. The minimum atomic E-state index is -0.162. The van der Waals surface area contributed by atoms with Gasteiger partial charge >= 0.3 is 0 Å². The van der Waals surface area contributed by atoms with E-state index in [0.29, 0.717) is 11.8 Å². The van der Waals surface area contributed by atoms with Gasteiger partial charge in [0.05, 0.1) is 0 Å². The van der Waals surface area contributed by atoms with Crippen LogP contribution in [-0.2, 0) is 13.0 Å². The summed E-state index contributed by atoms with van der Waals surface area (Å²) in [7, 11) is 0. The molecule has 0 saturated carbocycles. The molecule has 0 aliphatic carbocycles. The highest BCUT2D eigenvalue weighted by Crippen LogP contribution is 2.24. The second kappa shape index (κ2) is 6.09. The highest BCUT2D eigenvalue weighted by molar-refractivity contribution is 9.09. The van der Waals surface area contributed by atoms with Gasteiger partial charge in [0.15, 0.2) is 0 Å². The van der Waals surface area contributed by atoms with Crippen LogP contribution in [0.3, 0.4) is 0 Å². The molecule has 0 N–H and O–H groups in total. The van der Waals surface area contributed by atoms with Crippen molar-refractivity contribution >= 4 is 15.9 Å². The molecule has 18 heavy (non-hydrogen) atoms. The van der Waals surface area contributed by atoms with E-state index in [9.17, 15) is 4.39 Å². The van der Waals surface area contributed by atoms with E-state index in [1.807, 2.05) is 23.7 Å². The molecule has 0 amide bonds. The van der Waals surface area contributed by atoms with Crippen LogP contribution in [0.1, 0.15) is 24.2 Å². The van der Waals surface area contributed by atoms with Crippen molar-refractivity contribution in [2.24, 2.45) is 0 Å². The van der Waals surface area contributed by atoms with Crippen LogP contribution in [-0.4, -0.2) is 20.1 Å². The molecule has 96 valence electrons. The first-order valence-electron chi connectivity index (χ1n) is 5.93. The first-order chi connectivity index (χ1) is 8.76. The van der Waals surface area contributed by atoms with Gasteiger partial charge in [0.25, 0.3) is 0 Å². The lowest BCUT2D eigenvalue weighted by Crippen LogP contribution is -2.12. The van der Waals surface area contributed by atoms with Crippen molar-refractivity contribution in [2.75, 3.05) is 5.33 Å². The van der Waals surface area contributed by atoms with Gasteiger partial charge in [-0.05, 0) is 18.6 Å². The van der Waals surface area contributed by atoms with Crippen molar-refractivity contribution in [1.29, 1.82) is 0 Å². The van der Waals surface area contributed by atoms with Crippen molar-refractivity contribution < 1.29 is 4.39 Å². The van der Waals surface area contributed by atoms with Crippen LogP contribution in [0.4, 0.5) is 4.39 Å². The maximum atomic E-state index is 13.8. The Kier molecular flexibility index (Phi) is 4.47. The quantitative estimate of drug-likeness (QED) is 0.794. The molecule has 0 aliphatic rings. The van der Waals surface area contributed by atoms with Gasteiger partial charge < -0.3 is 0 Å². The molecule has 1 heterocycles. The number of halogens is 2. The number of aryl methyl sites for hydroxylation is 1. The third-order valence-electron chi connectivity index (χ3n) is 2.96. The molecule has 5 heteroatoms. The van der Waals surface area contributed by atoms with Gasteiger partial charge in [0.1, 0.15) is 18.0 Å². The molecule has 0 bridgehead atoms. The van der Waals surface area contributed by atoms with Crippen molar-refractivity contribution in [3.63, 3.8) is 0 Å². The third-order valence-corrected chi connectivity index (χ3v) is 3.74. The zero-order valence-electron chi connectivity index (χ0n) is 10.2. The van der Waals surface area contributed by atoms with Crippen LogP contribution in [0, 0.1) is 5.82 Å². The number of benzene rings is 1. The summed E-state index contributed by atoms with van der Waals surface area (Å²) < 4.78 is 15.6. The number of aromatic nitrogens is 3. The van der Waals surface area contributed by atoms with E-state index in [1.54, 1.807) is 12.4 Å². The van der Waals surface area contributed by atoms with E-state index in [4.69, 9.17) is 0 Å². The number of alkyl halides is 1. The Morgan fingerprint density at radius 3 is 2.83 bits per heavy atom. The fraction of sp³-hybridized carbons (Fsp3) is 0.385. The summed E-state index contributed by atoms with van der Waals surface area (Å²) in [6, 6.07) is 6.89. The van der Waals surface area contributed by atoms with Crippen LogP contribution < -0.4 is 0 Å². The smallest absolute Gasteiger partial charge is 0.138 e. The highest BCUT2D eigenvalue weighted by atomic mass is 79.9. The van der Waals surface area contributed by atoms with Crippen LogP contribution >= 0.6 is 15.9 Å². The Balaban J connectivity index is 2.23.